The Kier molecular flexibility index (Phi) is 6.97. The van der Waals surface area contributed by atoms with Crippen molar-refractivity contribution in [3.63, 3.8) is 0 Å². The molecule has 0 aromatic heterocycles. The molecule has 2 aromatic carbocycles. The second kappa shape index (κ2) is 9.24. The summed E-state index contributed by atoms with van der Waals surface area (Å²) in [6.07, 6.45) is 0. The molecule has 2 rings (SSSR count). The Hall–Kier alpha value is -3.64. The topological polar surface area (TPSA) is 137 Å². The third-order valence-corrected chi connectivity index (χ3v) is 5.42. The van der Waals surface area contributed by atoms with Crippen molar-refractivity contribution in [2.24, 2.45) is 5.73 Å². The van der Waals surface area contributed by atoms with Crippen molar-refractivity contribution in [2.75, 3.05) is 6.61 Å². The van der Waals surface area contributed by atoms with Crippen LogP contribution in [0.4, 0.5) is 0 Å². The number of allylic oxidation sites excluding steroid dienone is 1. The van der Waals surface area contributed by atoms with Crippen LogP contribution in [0.25, 0.3) is 0 Å². The number of esters is 1. The van der Waals surface area contributed by atoms with E-state index in [2.05, 4.69) is 0 Å². The zero-order chi connectivity index (χ0) is 22.5. The lowest BCUT2D eigenvalue weighted by Crippen LogP contribution is -2.17. The van der Waals surface area contributed by atoms with Crippen LogP contribution < -0.4 is 9.92 Å². The predicted molar refractivity (Wildman–Crippen MR) is 108 cm³/mol. The summed E-state index contributed by atoms with van der Waals surface area (Å²) < 4.78 is 35.1. The van der Waals surface area contributed by atoms with Gasteiger partial charge in [0.25, 0.3) is 0 Å². The number of Topliss-reactive ketones (excluding diaryl/α,β-unsaturated/α-hetero) is 1. The van der Waals surface area contributed by atoms with Crippen LogP contribution in [-0.2, 0) is 19.6 Å². The molecule has 0 saturated heterocycles. The fourth-order valence-electron chi connectivity index (χ4n) is 2.45. The van der Waals surface area contributed by atoms with Crippen molar-refractivity contribution in [1.29, 1.82) is 5.26 Å². The quantitative estimate of drug-likeness (QED) is 0.307. The van der Waals surface area contributed by atoms with Crippen LogP contribution in [0.5, 0.6) is 5.75 Å². The highest BCUT2D eigenvalue weighted by Gasteiger charge is 2.20. The smallest absolute Gasteiger partial charge is 0.339 e. The minimum absolute atomic E-state index is 0.0111. The number of nitriles is 1. The molecular formula is C21H20N2O6S. The first-order valence-corrected chi connectivity index (χ1v) is 10.1. The monoisotopic (exact) mass is 428 g/mol. The highest BCUT2D eigenvalue weighted by molar-refractivity contribution is 7.87. The lowest BCUT2D eigenvalue weighted by molar-refractivity contribution is -0.118. The van der Waals surface area contributed by atoms with E-state index in [9.17, 15) is 18.0 Å². The van der Waals surface area contributed by atoms with Crippen LogP contribution in [0, 0.1) is 25.2 Å². The van der Waals surface area contributed by atoms with E-state index >= 15 is 0 Å². The number of carbonyl (C=O) groups excluding carboxylic acids is 2. The van der Waals surface area contributed by atoms with E-state index in [-0.39, 0.29) is 27.5 Å². The van der Waals surface area contributed by atoms with Gasteiger partial charge in [-0.2, -0.15) is 13.7 Å². The fraction of sp³-hybridized carbons (Fsp3) is 0.190. The second-order valence-electron chi connectivity index (χ2n) is 6.50. The summed E-state index contributed by atoms with van der Waals surface area (Å²) in [5.41, 5.74) is 6.58. The zero-order valence-corrected chi connectivity index (χ0v) is 17.4. The number of aryl methyl sites for hydroxylation is 2. The van der Waals surface area contributed by atoms with Crippen molar-refractivity contribution in [3.05, 3.63) is 70.4 Å². The van der Waals surface area contributed by atoms with Crippen molar-refractivity contribution in [1.82, 2.24) is 0 Å². The van der Waals surface area contributed by atoms with Gasteiger partial charge in [-0.1, -0.05) is 12.1 Å². The van der Waals surface area contributed by atoms with Gasteiger partial charge in [-0.05, 0) is 62.2 Å². The van der Waals surface area contributed by atoms with Crippen molar-refractivity contribution in [2.45, 2.75) is 25.7 Å². The Morgan fingerprint density at radius 3 is 2.30 bits per heavy atom. The molecule has 0 radical (unpaired) electrons. The van der Waals surface area contributed by atoms with Gasteiger partial charge in [0.2, 0.25) is 5.78 Å². The molecule has 156 valence electrons. The van der Waals surface area contributed by atoms with E-state index < -0.39 is 28.5 Å². The number of benzene rings is 2. The summed E-state index contributed by atoms with van der Waals surface area (Å²) in [7, 11) is -4.05. The maximum Gasteiger partial charge on any atom is 0.339 e. The first-order valence-electron chi connectivity index (χ1n) is 8.73. The Labute approximate surface area is 174 Å². The highest BCUT2D eigenvalue weighted by Crippen LogP contribution is 2.23. The second-order valence-corrected chi connectivity index (χ2v) is 8.01. The van der Waals surface area contributed by atoms with Gasteiger partial charge in [0, 0.05) is 5.70 Å². The Morgan fingerprint density at radius 1 is 1.10 bits per heavy atom. The molecule has 2 aromatic rings. The number of ether oxygens (including phenoxy) is 1. The van der Waals surface area contributed by atoms with Gasteiger partial charge in [-0.15, -0.1) is 0 Å². The fourth-order valence-corrected chi connectivity index (χ4v) is 3.70. The first kappa shape index (κ1) is 22.6. The van der Waals surface area contributed by atoms with Crippen LogP contribution in [-0.4, -0.2) is 26.8 Å². The highest BCUT2D eigenvalue weighted by atomic mass is 32.2. The van der Waals surface area contributed by atoms with Gasteiger partial charge in [-0.3, -0.25) is 4.79 Å². The molecule has 0 unspecified atom stereocenters. The summed E-state index contributed by atoms with van der Waals surface area (Å²) in [5.74, 6) is -1.53. The van der Waals surface area contributed by atoms with E-state index in [4.69, 9.17) is 19.9 Å². The molecular weight excluding hydrogens is 408 g/mol. The van der Waals surface area contributed by atoms with E-state index in [1.807, 2.05) is 0 Å². The zero-order valence-electron chi connectivity index (χ0n) is 16.6. The Balaban J connectivity index is 2.09. The first-order chi connectivity index (χ1) is 14.0. The maximum absolute atomic E-state index is 12.5. The summed E-state index contributed by atoms with van der Waals surface area (Å²) >= 11 is 0. The number of carbonyl (C=O) groups is 2. The molecule has 9 heteroatoms. The van der Waals surface area contributed by atoms with Crippen LogP contribution in [0.2, 0.25) is 0 Å². The number of hydrogen-bond acceptors (Lipinski definition) is 8. The molecule has 0 fully saturated rings. The largest absolute Gasteiger partial charge is 0.454 e. The molecule has 2 N–H and O–H groups in total. The van der Waals surface area contributed by atoms with Crippen LogP contribution >= 0.6 is 0 Å². The number of hydrogen-bond donors (Lipinski definition) is 1. The minimum atomic E-state index is -4.05. The number of nitrogens with zero attached hydrogens (tertiary/aromatic N) is 1. The molecule has 8 nitrogen and oxygen atoms in total. The SMILES string of the molecule is C/C(N)=C(\C#N)C(=O)COC(=O)c1ccc(OS(=O)(=O)c2cc(C)ccc2C)cc1. The summed E-state index contributed by atoms with van der Waals surface area (Å²) in [4.78, 5) is 23.9. The van der Waals surface area contributed by atoms with Gasteiger partial charge >= 0.3 is 16.1 Å². The molecule has 0 saturated carbocycles. The van der Waals surface area contributed by atoms with Crippen LogP contribution in [0.1, 0.15) is 28.4 Å². The Morgan fingerprint density at radius 2 is 1.73 bits per heavy atom. The lowest BCUT2D eigenvalue weighted by Gasteiger charge is -2.10. The summed E-state index contributed by atoms with van der Waals surface area (Å²) in [6.45, 7) is 4.18. The normalized spacial score (nSPS) is 11.8. The number of ketones is 1. The maximum atomic E-state index is 12.5. The van der Waals surface area contributed by atoms with E-state index in [0.717, 1.165) is 5.56 Å². The van der Waals surface area contributed by atoms with Gasteiger partial charge < -0.3 is 14.7 Å². The summed E-state index contributed by atoms with van der Waals surface area (Å²) in [5, 5.41) is 8.87. The number of rotatable bonds is 7. The number of nitrogens with two attached hydrogens (primary N) is 1. The third kappa shape index (κ3) is 5.46. The van der Waals surface area contributed by atoms with Crippen LogP contribution in [0.3, 0.4) is 0 Å². The molecule has 0 aliphatic heterocycles. The third-order valence-electron chi connectivity index (χ3n) is 4.03. The van der Waals surface area contributed by atoms with Gasteiger partial charge in [0.15, 0.2) is 6.61 Å². The summed E-state index contributed by atoms with van der Waals surface area (Å²) in [6, 6.07) is 11.8. The molecule has 30 heavy (non-hydrogen) atoms. The lowest BCUT2D eigenvalue weighted by atomic mass is 10.1. The molecule has 0 amide bonds. The molecule has 0 atom stereocenters. The minimum Gasteiger partial charge on any atom is -0.454 e. The van der Waals surface area contributed by atoms with Gasteiger partial charge in [0.05, 0.1) is 5.56 Å². The molecule has 0 bridgehead atoms. The molecule has 0 aliphatic carbocycles. The van der Waals surface area contributed by atoms with E-state index in [1.54, 1.807) is 32.0 Å². The van der Waals surface area contributed by atoms with Crippen molar-refractivity contribution < 1.29 is 26.9 Å². The van der Waals surface area contributed by atoms with Crippen LogP contribution in [0.15, 0.2) is 58.6 Å². The standard InChI is InChI=1S/C21H20N2O6S/c1-13-4-5-14(2)20(10-13)30(26,27)29-17-8-6-16(7-9-17)21(25)28-12-19(24)18(11-22)15(3)23/h4-10H,12,23H2,1-3H3/b18-15-. The Bertz CT molecular complexity index is 1150. The molecule has 0 heterocycles. The van der Waals surface area contributed by atoms with Crippen molar-refractivity contribution >= 4 is 21.9 Å². The molecule has 0 spiro atoms. The predicted octanol–water partition coefficient (Wildman–Crippen LogP) is 2.55. The van der Waals surface area contributed by atoms with Gasteiger partial charge in [-0.25, -0.2) is 4.79 Å². The average Bonchev–Trinajstić information content (AvgIpc) is 2.68. The average molecular weight is 428 g/mol. The van der Waals surface area contributed by atoms with E-state index in [1.165, 1.54) is 37.3 Å². The van der Waals surface area contributed by atoms with Crippen molar-refractivity contribution in [3.8, 4) is 11.8 Å². The van der Waals surface area contributed by atoms with Gasteiger partial charge in [0.1, 0.15) is 22.3 Å². The molecule has 0 aliphatic rings. The van der Waals surface area contributed by atoms with E-state index in [0.29, 0.717) is 5.56 Å².